The molecule has 4 rings (SSSR count). The van der Waals surface area contributed by atoms with Crippen LogP contribution in [0.2, 0.25) is 0 Å². The minimum Gasteiger partial charge on any atom is -0.301 e. The quantitative estimate of drug-likeness (QED) is 0.705. The summed E-state index contributed by atoms with van der Waals surface area (Å²) in [5, 5.41) is 0. The molecule has 3 heteroatoms. The number of rotatable bonds is 2. The molecule has 1 aromatic heterocycles. The fourth-order valence-electron chi connectivity index (χ4n) is 3.33. The zero-order valence-electron chi connectivity index (χ0n) is 13.5. The van der Waals surface area contributed by atoms with Crippen LogP contribution >= 0.6 is 0 Å². The number of benzene rings is 2. The van der Waals surface area contributed by atoms with E-state index in [-0.39, 0.29) is 11.9 Å². The maximum Gasteiger partial charge on any atom is 0.259 e. The fraction of sp³-hybridized carbons (Fsp3) is 0.143. The van der Waals surface area contributed by atoms with Crippen LogP contribution in [0.5, 0.6) is 0 Å². The molecule has 0 bridgehead atoms. The Hall–Kier alpha value is -2.94. The summed E-state index contributed by atoms with van der Waals surface area (Å²) < 4.78 is 0. The molecule has 118 valence electrons. The number of aromatic nitrogens is 1. The highest BCUT2D eigenvalue weighted by Crippen LogP contribution is 2.36. The van der Waals surface area contributed by atoms with Gasteiger partial charge in [0.25, 0.3) is 5.91 Å². The van der Waals surface area contributed by atoms with Gasteiger partial charge in [-0.3, -0.25) is 9.78 Å². The minimum absolute atomic E-state index is 0.0156. The molecule has 24 heavy (non-hydrogen) atoms. The van der Waals surface area contributed by atoms with E-state index in [4.69, 9.17) is 0 Å². The van der Waals surface area contributed by atoms with E-state index in [0.717, 1.165) is 28.8 Å². The van der Waals surface area contributed by atoms with Crippen LogP contribution < -0.4 is 4.90 Å². The second-order valence-electron chi connectivity index (χ2n) is 6.17. The number of aryl methyl sites for hydroxylation is 1. The molecular weight excluding hydrogens is 296 g/mol. The standard InChI is InChI=1S/C21H18N2O/c1-15-6-8-18(9-7-15)23-20(16-10-12-22-13-11-16)14-17-4-2-3-5-19(17)21(23)24/h2-13,20H,14H2,1H3. The van der Waals surface area contributed by atoms with Gasteiger partial charge in [-0.1, -0.05) is 35.9 Å². The van der Waals surface area contributed by atoms with Crippen molar-refractivity contribution in [2.24, 2.45) is 0 Å². The third kappa shape index (κ3) is 2.48. The number of carbonyl (C=O) groups excluding carboxylic acids is 1. The van der Waals surface area contributed by atoms with Gasteiger partial charge in [-0.2, -0.15) is 0 Å². The monoisotopic (exact) mass is 314 g/mol. The number of hydrogen-bond acceptors (Lipinski definition) is 2. The smallest absolute Gasteiger partial charge is 0.259 e. The first-order valence-electron chi connectivity index (χ1n) is 8.12. The van der Waals surface area contributed by atoms with Crippen LogP contribution in [0, 0.1) is 6.92 Å². The van der Waals surface area contributed by atoms with Crippen molar-refractivity contribution in [2.45, 2.75) is 19.4 Å². The summed E-state index contributed by atoms with van der Waals surface area (Å²) in [5.41, 5.74) is 5.12. The van der Waals surface area contributed by atoms with E-state index in [9.17, 15) is 4.79 Å². The van der Waals surface area contributed by atoms with E-state index in [1.54, 1.807) is 12.4 Å². The van der Waals surface area contributed by atoms with Gasteiger partial charge in [0.2, 0.25) is 0 Å². The largest absolute Gasteiger partial charge is 0.301 e. The number of amides is 1. The third-order valence-electron chi connectivity index (χ3n) is 4.59. The fourth-order valence-corrected chi connectivity index (χ4v) is 3.33. The van der Waals surface area contributed by atoms with Crippen molar-refractivity contribution in [1.82, 2.24) is 4.98 Å². The highest BCUT2D eigenvalue weighted by molar-refractivity contribution is 6.08. The summed E-state index contributed by atoms with van der Waals surface area (Å²) in [5.74, 6) is 0.0579. The Bertz CT molecular complexity index is 872. The summed E-state index contributed by atoms with van der Waals surface area (Å²) in [6.45, 7) is 2.05. The van der Waals surface area contributed by atoms with Crippen LogP contribution in [0.3, 0.4) is 0 Å². The SMILES string of the molecule is Cc1ccc(N2C(=O)c3ccccc3CC2c2ccncc2)cc1. The number of pyridine rings is 1. The summed E-state index contributed by atoms with van der Waals surface area (Å²) in [6, 6.07) is 20.0. The van der Waals surface area contributed by atoms with Gasteiger partial charge in [-0.15, -0.1) is 0 Å². The molecule has 1 amide bonds. The van der Waals surface area contributed by atoms with Gasteiger partial charge in [-0.05, 0) is 54.8 Å². The molecule has 0 fully saturated rings. The zero-order valence-corrected chi connectivity index (χ0v) is 13.5. The molecule has 0 saturated carbocycles. The molecule has 3 aromatic rings. The Morgan fingerprint density at radius 1 is 0.958 bits per heavy atom. The Morgan fingerprint density at radius 2 is 1.67 bits per heavy atom. The highest BCUT2D eigenvalue weighted by atomic mass is 16.2. The van der Waals surface area contributed by atoms with Gasteiger partial charge in [0, 0.05) is 23.6 Å². The zero-order chi connectivity index (χ0) is 16.5. The first-order chi connectivity index (χ1) is 11.7. The van der Waals surface area contributed by atoms with E-state index in [1.165, 1.54) is 5.56 Å². The molecule has 0 aliphatic carbocycles. The molecule has 1 aliphatic heterocycles. The van der Waals surface area contributed by atoms with Crippen molar-refractivity contribution >= 4 is 11.6 Å². The average Bonchev–Trinajstić information content (AvgIpc) is 2.63. The predicted molar refractivity (Wildman–Crippen MR) is 95.1 cm³/mol. The maximum atomic E-state index is 13.2. The lowest BCUT2D eigenvalue weighted by Gasteiger charge is -2.37. The maximum absolute atomic E-state index is 13.2. The van der Waals surface area contributed by atoms with Crippen LogP contribution in [-0.4, -0.2) is 10.9 Å². The molecule has 0 spiro atoms. The number of anilines is 1. The molecule has 0 saturated heterocycles. The van der Waals surface area contributed by atoms with Gasteiger partial charge < -0.3 is 4.90 Å². The lowest BCUT2D eigenvalue weighted by molar-refractivity contribution is 0.0967. The Labute approximate surface area is 141 Å². The van der Waals surface area contributed by atoms with Crippen molar-refractivity contribution in [3.8, 4) is 0 Å². The molecule has 2 aromatic carbocycles. The molecule has 1 aliphatic rings. The normalized spacial score (nSPS) is 16.8. The van der Waals surface area contributed by atoms with Gasteiger partial charge >= 0.3 is 0 Å². The van der Waals surface area contributed by atoms with Crippen LogP contribution in [-0.2, 0) is 6.42 Å². The molecule has 0 radical (unpaired) electrons. The van der Waals surface area contributed by atoms with Crippen molar-refractivity contribution in [1.29, 1.82) is 0 Å². The van der Waals surface area contributed by atoms with Gasteiger partial charge in [0.15, 0.2) is 0 Å². The Kier molecular flexibility index (Phi) is 3.62. The predicted octanol–water partition coefficient (Wildman–Crippen LogP) is 4.33. The van der Waals surface area contributed by atoms with Gasteiger partial charge in [0.1, 0.15) is 0 Å². The lowest BCUT2D eigenvalue weighted by Crippen LogP contribution is -2.40. The molecule has 0 N–H and O–H groups in total. The van der Waals surface area contributed by atoms with E-state index >= 15 is 0 Å². The molecule has 3 nitrogen and oxygen atoms in total. The molecule has 1 atom stereocenters. The van der Waals surface area contributed by atoms with Crippen LogP contribution in [0.25, 0.3) is 0 Å². The van der Waals surface area contributed by atoms with Crippen molar-refractivity contribution in [2.75, 3.05) is 4.90 Å². The minimum atomic E-state index is -0.0156. The second-order valence-corrected chi connectivity index (χ2v) is 6.17. The van der Waals surface area contributed by atoms with Crippen LogP contribution in [0.4, 0.5) is 5.69 Å². The van der Waals surface area contributed by atoms with Gasteiger partial charge in [0.05, 0.1) is 6.04 Å². The number of carbonyl (C=O) groups is 1. The molecular formula is C21H18N2O. The average molecular weight is 314 g/mol. The molecule has 1 unspecified atom stereocenters. The van der Waals surface area contributed by atoms with Gasteiger partial charge in [-0.25, -0.2) is 0 Å². The van der Waals surface area contributed by atoms with E-state index < -0.39 is 0 Å². The Morgan fingerprint density at radius 3 is 2.42 bits per heavy atom. The van der Waals surface area contributed by atoms with Crippen molar-refractivity contribution in [3.05, 3.63) is 95.3 Å². The van der Waals surface area contributed by atoms with Crippen molar-refractivity contribution < 1.29 is 4.79 Å². The number of nitrogens with zero attached hydrogens (tertiary/aromatic N) is 2. The van der Waals surface area contributed by atoms with Crippen LogP contribution in [0.15, 0.2) is 73.1 Å². The first-order valence-corrected chi connectivity index (χ1v) is 8.12. The highest BCUT2D eigenvalue weighted by Gasteiger charge is 2.34. The first kappa shape index (κ1) is 14.6. The molecule has 2 heterocycles. The summed E-state index contributed by atoms with van der Waals surface area (Å²) >= 11 is 0. The van der Waals surface area contributed by atoms with E-state index in [0.29, 0.717) is 0 Å². The summed E-state index contributed by atoms with van der Waals surface area (Å²) in [7, 11) is 0. The third-order valence-corrected chi connectivity index (χ3v) is 4.59. The summed E-state index contributed by atoms with van der Waals surface area (Å²) in [4.78, 5) is 19.2. The van der Waals surface area contributed by atoms with E-state index in [2.05, 4.69) is 11.9 Å². The second kappa shape index (κ2) is 5.93. The topological polar surface area (TPSA) is 33.2 Å². The number of hydrogen-bond donors (Lipinski definition) is 0. The summed E-state index contributed by atoms with van der Waals surface area (Å²) in [6.07, 6.45) is 4.38. The lowest BCUT2D eigenvalue weighted by atomic mass is 9.89. The number of fused-ring (bicyclic) bond motifs is 1. The van der Waals surface area contributed by atoms with E-state index in [1.807, 2.05) is 65.6 Å². The Balaban J connectivity index is 1.86. The van der Waals surface area contributed by atoms with Crippen molar-refractivity contribution in [3.63, 3.8) is 0 Å². The van der Waals surface area contributed by atoms with Crippen LogP contribution in [0.1, 0.15) is 33.1 Å².